The van der Waals surface area contributed by atoms with Crippen molar-refractivity contribution in [1.82, 2.24) is 9.88 Å². The van der Waals surface area contributed by atoms with Gasteiger partial charge in [0.15, 0.2) is 0 Å². The van der Waals surface area contributed by atoms with Crippen molar-refractivity contribution in [3.63, 3.8) is 0 Å². The maximum Gasteiger partial charge on any atom is 0.296 e. The maximum atomic E-state index is 13.4. The molecule has 7 heteroatoms. The molecule has 1 amide bonds. The number of hydrogen-bond acceptors (Lipinski definition) is 5. The molecule has 35 heavy (non-hydrogen) atoms. The lowest BCUT2D eigenvalue weighted by Crippen LogP contribution is -2.29. The number of aliphatic hydroxyl groups is 1. The van der Waals surface area contributed by atoms with E-state index in [0.717, 1.165) is 28.6 Å². The molecule has 0 bridgehead atoms. The fraction of sp³-hybridized carbons (Fsp3) is 0.214. The number of para-hydroxylation sites is 1. The van der Waals surface area contributed by atoms with Crippen molar-refractivity contribution in [3.8, 4) is 5.75 Å². The van der Waals surface area contributed by atoms with E-state index >= 15 is 0 Å². The number of aromatic amines is 1. The zero-order valence-corrected chi connectivity index (χ0v) is 19.6. The number of aryl methyl sites for hydroxylation is 1. The Morgan fingerprint density at radius 2 is 1.94 bits per heavy atom. The van der Waals surface area contributed by atoms with E-state index in [0.29, 0.717) is 23.7 Å². The van der Waals surface area contributed by atoms with Crippen molar-refractivity contribution >= 4 is 28.4 Å². The number of H-pyrrole nitrogens is 1. The predicted octanol–water partition coefficient (Wildman–Crippen LogP) is 5.48. The minimum absolute atomic E-state index is 0.0436. The van der Waals surface area contributed by atoms with Gasteiger partial charge in [-0.15, -0.1) is 0 Å². The van der Waals surface area contributed by atoms with Crippen molar-refractivity contribution in [2.45, 2.75) is 32.9 Å². The number of fused-ring (bicyclic) bond motifs is 1. The van der Waals surface area contributed by atoms with Crippen LogP contribution in [0.3, 0.4) is 0 Å². The number of benzene rings is 2. The molecule has 2 aromatic carbocycles. The lowest BCUT2D eigenvalue weighted by molar-refractivity contribution is -0.140. The molecule has 0 spiro atoms. The van der Waals surface area contributed by atoms with E-state index in [1.807, 2.05) is 38.1 Å². The molecule has 1 unspecified atom stereocenters. The summed E-state index contributed by atoms with van der Waals surface area (Å²) in [6.45, 7) is 4.54. The number of amides is 1. The van der Waals surface area contributed by atoms with Gasteiger partial charge in [0.2, 0.25) is 0 Å². The average Bonchev–Trinajstić information content (AvgIpc) is 3.56. The van der Waals surface area contributed by atoms with Crippen molar-refractivity contribution in [3.05, 3.63) is 95.1 Å². The number of ether oxygens (including phenoxy) is 1. The topological polar surface area (TPSA) is 95.8 Å². The molecule has 1 aliphatic heterocycles. The fourth-order valence-corrected chi connectivity index (χ4v) is 4.67. The molecule has 1 aliphatic rings. The van der Waals surface area contributed by atoms with E-state index in [1.165, 1.54) is 11.2 Å². The van der Waals surface area contributed by atoms with E-state index in [4.69, 9.17) is 9.15 Å². The summed E-state index contributed by atoms with van der Waals surface area (Å²) in [6.07, 6.45) is 2.37. The first kappa shape index (κ1) is 22.5. The zero-order valence-electron chi connectivity index (χ0n) is 19.6. The lowest BCUT2D eigenvalue weighted by atomic mass is 9.93. The Labute approximate surface area is 202 Å². The molecule has 1 saturated heterocycles. The average molecular weight is 471 g/mol. The van der Waals surface area contributed by atoms with Gasteiger partial charge in [0.1, 0.15) is 17.3 Å². The molecule has 4 aromatic rings. The first-order chi connectivity index (χ1) is 17.0. The van der Waals surface area contributed by atoms with Gasteiger partial charge in [0, 0.05) is 27.7 Å². The quantitative estimate of drug-likeness (QED) is 0.212. The molecule has 1 fully saturated rings. The largest absolute Gasteiger partial charge is 0.507 e. The number of furan rings is 1. The number of ketones is 1. The van der Waals surface area contributed by atoms with Crippen LogP contribution in [0, 0.1) is 6.92 Å². The second kappa shape index (κ2) is 9.18. The number of nitrogens with one attached hydrogen (secondary N) is 1. The van der Waals surface area contributed by atoms with Gasteiger partial charge in [0.05, 0.1) is 31.0 Å². The molecule has 1 atom stereocenters. The Balaban J connectivity index is 1.70. The van der Waals surface area contributed by atoms with Crippen molar-refractivity contribution in [2.75, 3.05) is 6.61 Å². The minimum atomic E-state index is -0.795. The summed E-state index contributed by atoms with van der Waals surface area (Å²) >= 11 is 0. The molecule has 2 N–H and O–H groups in total. The highest BCUT2D eigenvalue weighted by atomic mass is 16.5. The van der Waals surface area contributed by atoms with E-state index in [-0.39, 0.29) is 17.9 Å². The summed E-state index contributed by atoms with van der Waals surface area (Å²) in [4.78, 5) is 31.5. The molecule has 7 nitrogen and oxygen atoms in total. The summed E-state index contributed by atoms with van der Waals surface area (Å²) in [5.74, 6) is -0.522. The number of aromatic nitrogens is 1. The van der Waals surface area contributed by atoms with Gasteiger partial charge in [-0.05, 0) is 43.7 Å². The molecule has 0 radical (unpaired) electrons. The standard InChI is InChI=1S/C28H26N2O5/c1-3-13-34-19-9-6-8-18(15-19)26(31)24-25(23-17(2)29-22-12-5-4-11-21(22)23)30(28(33)27(24)32)16-20-10-7-14-35-20/h4-12,14-15,25,29,31H,3,13,16H2,1-2H3/b26-24+. The number of rotatable bonds is 7. The molecule has 2 aromatic heterocycles. The molecule has 0 aliphatic carbocycles. The third-order valence-electron chi connectivity index (χ3n) is 6.24. The first-order valence-electron chi connectivity index (χ1n) is 11.6. The smallest absolute Gasteiger partial charge is 0.296 e. The van der Waals surface area contributed by atoms with E-state index in [2.05, 4.69) is 4.98 Å². The number of likely N-dealkylation sites (tertiary alicyclic amines) is 1. The predicted molar refractivity (Wildman–Crippen MR) is 132 cm³/mol. The van der Waals surface area contributed by atoms with Crippen molar-refractivity contribution in [1.29, 1.82) is 0 Å². The van der Waals surface area contributed by atoms with Crippen LogP contribution in [0.15, 0.2) is 76.9 Å². The Hall–Kier alpha value is -4.26. The molecule has 178 valence electrons. The van der Waals surface area contributed by atoms with Crippen LogP contribution in [-0.2, 0) is 16.1 Å². The summed E-state index contributed by atoms with van der Waals surface area (Å²) in [5, 5.41) is 12.3. The highest BCUT2D eigenvalue weighted by Crippen LogP contribution is 2.44. The van der Waals surface area contributed by atoms with Gasteiger partial charge in [-0.1, -0.05) is 37.3 Å². The van der Waals surface area contributed by atoms with E-state index in [9.17, 15) is 14.7 Å². The maximum absolute atomic E-state index is 13.4. The summed E-state index contributed by atoms with van der Waals surface area (Å²) in [6, 6.07) is 17.4. The van der Waals surface area contributed by atoms with Crippen molar-refractivity contribution < 1.29 is 23.8 Å². The minimum Gasteiger partial charge on any atom is -0.507 e. The molecule has 3 heterocycles. The van der Waals surface area contributed by atoms with Crippen LogP contribution in [0.5, 0.6) is 5.75 Å². The molecule has 5 rings (SSSR count). The second-order valence-corrected chi connectivity index (χ2v) is 8.59. The van der Waals surface area contributed by atoms with Gasteiger partial charge in [-0.25, -0.2) is 0 Å². The third kappa shape index (κ3) is 3.99. The molecular weight excluding hydrogens is 444 g/mol. The number of carbonyl (C=O) groups excluding carboxylic acids is 2. The number of aliphatic hydroxyl groups excluding tert-OH is 1. The van der Waals surface area contributed by atoms with E-state index in [1.54, 1.807) is 36.4 Å². The Bertz CT molecular complexity index is 1430. The first-order valence-corrected chi connectivity index (χ1v) is 11.6. The number of Topliss-reactive ketones (excluding diaryl/α,β-unsaturated/α-hetero) is 1. The summed E-state index contributed by atoms with van der Waals surface area (Å²) in [5.41, 5.74) is 2.93. The van der Waals surface area contributed by atoms with Crippen molar-refractivity contribution in [2.24, 2.45) is 0 Å². The van der Waals surface area contributed by atoms with Crippen LogP contribution in [0.1, 0.15) is 42.0 Å². The highest BCUT2D eigenvalue weighted by Gasteiger charge is 2.47. The Morgan fingerprint density at radius 3 is 2.71 bits per heavy atom. The number of carbonyl (C=O) groups is 2. The summed E-state index contributed by atoms with van der Waals surface area (Å²) < 4.78 is 11.2. The van der Waals surface area contributed by atoms with Gasteiger partial charge < -0.3 is 24.1 Å². The van der Waals surface area contributed by atoms with Crippen LogP contribution < -0.4 is 4.74 Å². The lowest BCUT2D eigenvalue weighted by Gasteiger charge is -2.25. The van der Waals surface area contributed by atoms with Gasteiger partial charge in [-0.3, -0.25) is 9.59 Å². The zero-order chi connectivity index (χ0) is 24.5. The third-order valence-corrected chi connectivity index (χ3v) is 6.24. The van der Waals surface area contributed by atoms with Crippen LogP contribution in [-0.4, -0.2) is 33.3 Å². The van der Waals surface area contributed by atoms with Crippen LogP contribution in [0.2, 0.25) is 0 Å². The monoisotopic (exact) mass is 470 g/mol. The fourth-order valence-electron chi connectivity index (χ4n) is 4.67. The number of hydrogen-bond donors (Lipinski definition) is 2. The van der Waals surface area contributed by atoms with Gasteiger partial charge in [-0.2, -0.15) is 0 Å². The highest BCUT2D eigenvalue weighted by molar-refractivity contribution is 6.46. The van der Waals surface area contributed by atoms with Crippen LogP contribution >= 0.6 is 0 Å². The van der Waals surface area contributed by atoms with Crippen LogP contribution in [0.4, 0.5) is 0 Å². The summed E-state index contributed by atoms with van der Waals surface area (Å²) in [7, 11) is 0. The van der Waals surface area contributed by atoms with Crippen LogP contribution in [0.25, 0.3) is 16.7 Å². The SMILES string of the molecule is CCCOc1cccc(/C(O)=C2\C(=O)C(=O)N(Cc3ccco3)C2c2c(C)[nH]c3ccccc23)c1. The second-order valence-electron chi connectivity index (χ2n) is 8.59. The van der Waals surface area contributed by atoms with E-state index < -0.39 is 17.7 Å². The van der Waals surface area contributed by atoms with Gasteiger partial charge >= 0.3 is 0 Å². The van der Waals surface area contributed by atoms with Gasteiger partial charge in [0.25, 0.3) is 11.7 Å². The molecular formula is C28H26N2O5. The number of nitrogens with zero attached hydrogens (tertiary/aromatic N) is 1. The Kier molecular flexibility index (Phi) is 5.91. The Morgan fingerprint density at radius 1 is 1.11 bits per heavy atom. The molecule has 0 saturated carbocycles. The normalized spacial score (nSPS) is 17.4.